The number of nitrogens with zero attached hydrogens (tertiary/aromatic N) is 4. The number of aromatic nitrogens is 4. The summed E-state index contributed by atoms with van der Waals surface area (Å²) >= 11 is 0. The van der Waals surface area contributed by atoms with E-state index in [2.05, 4.69) is 15.0 Å². The second-order valence-corrected chi connectivity index (χ2v) is 5.28. The van der Waals surface area contributed by atoms with Crippen LogP contribution >= 0.6 is 0 Å². The van der Waals surface area contributed by atoms with E-state index in [-0.39, 0.29) is 12.4 Å². The van der Waals surface area contributed by atoms with Gasteiger partial charge in [-0.25, -0.2) is 19.7 Å². The Bertz CT molecular complexity index is 792. The summed E-state index contributed by atoms with van der Waals surface area (Å²) in [7, 11) is 0. The Balaban J connectivity index is 1.80. The molecule has 0 aliphatic carbocycles. The number of nitrogens with two attached hydrogens (primary N) is 1. The summed E-state index contributed by atoms with van der Waals surface area (Å²) in [6.07, 6.45) is -2.09. The highest BCUT2D eigenvalue weighted by atomic mass is 16.6. The molecule has 0 spiro atoms. The molecule has 2 aromatic heterocycles. The summed E-state index contributed by atoms with van der Waals surface area (Å²) in [6.45, 7) is 0.685. The van der Waals surface area contributed by atoms with Crippen LogP contribution in [-0.2, 0) is 19.1 Å². The maximum Gasteiger partial charge on any atom is 0.374 e. The number of hydrogen-bond donors (Lipinski definition) is 3. The van der Waals surface area contributed by atoms with E-state index >= 15 is 0 Å². The summed E-state index contributed by atoms with van der Waals surface area (Å²) in [5.74, 6) is -1.65. The number of ether oxygens (including phenoxy) is 2. The number of ketones is 1. The number of esters is 1. The second kappa shape index (κ2) is 6.11. The standard InChI is InChI=1S/C13H15N5O6/c1-5(19)13(22)23-2-6-8(20)9(21)12(24-6)18-4-17-7-10(14)15-3-16-11(7)18/h3-4,6,8-9,12,20-21H,2H2,1H3,(H2,14,15,16)/t6-,8-,9-,12-/m1/s1. The molecule has 1 saturated heterocycles. The third-order valence-corrected chi connectivity index (χ3v) is 3.66. The minimum atomic E-state index is -1.33. The topological polar surface area (TPSA) is 163 Å². The minimum absolute atomic E-state index is 0.165. The lowest BCUT2D eigenvalue weighted by atomic mass is 10.1. The van der Waals surface area contributed by atoms with Crippen LogP contribution in [-0.4, -0.2) is 66.4 Å². The van der Waals surface area contributed by atoms with Crippen LogP contribution in [0.25, 0.3) is 11.2 Å². The van der Waals surface area contributed by atoms with Gasteiger partial charge in [0.05, 0.1) is 6.33 Å². The lowest BCUT2D eigenvalue weighted by Crippen LogP contribution is -2.35. The summed E-state index contributed by atoms with van der Waals surface area (Å²) in [5.41, 5.74) is 6.35. The number of Topliss-reactive ketones (excluding diaryl/α,β-unsaturated/α-hetero) is 1. The van der Waals surface area contributed by atoms with Crippen molar-refractivity contribution in [3.8, 4) is 0 Å². The first-order valence-corrected chi connectivity index (χ1v) is 7.02. The van der Waals surface area contributed by atoms with E-state index in [9.17, 15) is 19.8 Å². The molecule has 0 amide bonds. The first kappa shape index (κ1) is 16.2. The number of hydrogen-bond acceptors (Lipinski definition) is 10. The lowest BCUT2D eigenvalue weighted by molar-refractivity contribution is -0.157. The molecule has 0 saturated carbocycles. The molecule has 0 unspecified atom stereocenters. The molecular weight excluding hydrogens is 322 g/mol. The fraction of sp³-hybridized carbons (Fsp3) is 0.462. The second-order valence-electron chi connectivity index (χ2n) is 5.28. The Kier molecular flexibility index (Phi) is 4.13. The maximum absolute atomic E-state index is 11.2. The normalized spacial score (nSPS) is 26.6. The number of fused-ring (bicyclic) bond motifs is 1. The highest BCUT2D eigenvalue weighted by Crippen LogP contribution is 2.32. The Hall–Kier alpha value is -2.63. The number of carbonyl (C=O) groups is 2. The first-order valence-electron chi connectivity index (χ1n) is 7.02. The summed E-state index contributed by atoms with van der Waals surface area (Å²) < 4.78 is 11.7. The molecule has 2 aromatic rings. The molecule has 11 heteroatoms. The van der Waals surface area contributed by atoms with E-state index < -0.39 is 36.3 Å². The smallest absolute Gasteiger partial charge is 0.374 e. The molecule has 4 N–H and O–H groups in total. The van der Waals surface area contributed by atoms with Gasteiger partial charge in [-0.1, -0.05) is 0 Å². The van der Waals surface area contributed by atoms with Crippen molar-refractivity contribution in [1.29, 1.82) is 0 Å². The van der Waals surface area contributed by atoms with Gasteiger partial charge in [0, 0.05) is 6.92 Å². The molecule has 4 atom stereocenters. The van der Waals surface area contributed by atoms with Gasteiger partial charge in [0.25, 0.3) is 0 Å². The zero-order valence-corrected chi connectivity index (χ0v) is 12.6. The number of aliphatic hydroxyl groups excluding tert-OH is 2. The van der Waals surface area contributed by atoms with Crippen molar-refractivity contribution in [2.75, 3.05) is 12.3 Å². The van der Waals surface area contributed by atoms with Gasteiger partial charge in [0.1, 0.15) is 36.8 Å². The fourth-order valence-corrected chi connectivity index (χ4v) is 2.41. The molecule has 0 aromatic carbocycles. The Morgan fingerprint density at radius 1 is 1.33 bits per heavy atom. The number of anilines is 1. The Morgan fingerprint density at radius 3 is 2.79 bits per heavy atom. The minimum Gasteiger partial charge on any atom is -0.457 e. The predicted molar refractivity (Wildman–Crippen MR) is 77.3 cm³/mol. The van der Waals surface area contributed by atoms with Crippen LogP contribution in [0.3, 0.4) is 0 Å². The van der Waals surface area contributed by atoms with Crippen molar-refractivity contribution in [3.63, 3.8) is 0 Å². The zero-order chi connectivity index (χ0) is 17.4. The van der Waals surface area contributed by atoms with Crippen molar-refractivity contribution in [3.05, 3.63) is 12.7 Å². The summed E-state index contributed by atoms with van der Waals surface area (Å²) in [4.78, 5) is 34.0. The van der Waals surface area contributed by atoms with Gasteiger partial charge in [0.15, 0.2) is 17.7 Å². The quantitative estimate of drug-likeness (QED) is 0.426. The molecule has 24 heavy (non-hydrogen) atoms. The third-order valence-electron chi connectivity index (χ3n) is 3.66. The Morgan fingerprint density at radius 2 is 2.08 bits per heavy atom. The first-order chi connectivity index (χ1) is 11.4. The van der Waals surface area contributed by atoms with Gasteiger partial charge in [-0.05, 0) is 0 Å². The van der Waals surface area contributed by atoms with Crippen molar-refractivity contribution < 1.29 is 29.3 Å². The van der Waals surface area contributed by atoms with E-state index in [4.69, 9.17) is 15.2 Å². The number of carbonyl (C=O) groups excluding carboxylic acids is 2. The molecule has 3 heterocycles. The third kappa shape index (κ3) is 2.68. The number of rotatable bonds is 4. The van der Waals surface area contributed by atoms with Crippen LogP contribution in [0.15, 0.2) is 12.7 Å². The number of aliphatic hydroxyl groups is 2. The van der Waals surface area contributed by atoms with Crippen molar-refractivity contribution in [2.24, 2.45) is 0 Å². The van der Waals surface area contributed by atoms with E-state index in [0.717, 1.165) is 6.92 Å². The zero-order valence-electron chi connectivity index (χ0n) is 12.6. The number of nitrogen functional groups attached to an aromatic ring is 1. The van der Waals surface area contributed by atoms with Gasteiger partial charge >= 0.3 is 5.97 Å². The largest absolute Gasteiger partial charge is 0.457 e. The van der Waals surface area contributed by atoms with E-state index in [1.807, 2.05) is 0 Å². The molecule has 11 nitrogen and oxygen atoms in total. The van der Waals surface area contributed by atoms with E-state index in [0.29, 0.717) is 11.2 Å². The lowest BCUT2D eigenvalue weighted by Gasteiger charge is -2.16. The van der Waals surface area contributed by atoms with Crippen LogP contribution in [0.4, 0.5) is 5.82 Å². The highest BCUT2D eigenvalue weighted by molar-refractivity contribution is 6.32. The molecule has 1 aliphatic heterocycles. The average molecular weight is 337 g/mol. The molecule has 0 bridgehead atoms. The van der Waals surface area contributed by atoms with Crippen molar-refractivity contribution in [1.82, 2.24) is 19.5 Å². The molecule has 1 aliphatic rings. The van der Waals surface area contributed by atoms with Crippen LogP contribution in [0, 0.1) is 0 Å². The van der Waals surface area contributed by atoms with Gasteiger partial charge in [-0.2, -0.15) is 0 Å². The Labute approximate surface area is 135 Å². The van der Waals surface area contributed by atoms with Crippen LogP contribution in [0.1, 0.15) is 13.2 Å². The maximum atomic E-state index is 11.2. The van der Waals surface area contributed by atoms with Gasteiger partial charge in [-0.15, -0.1) is 0 Å². The van der Waals surface area contributed by atoms with E-state index in [1.54, 1.807) is 0 Å². The SMILES string of the molecule is CC(=O)C(=O)OC[C@H]1O[C@@H](n2cnc3c(N)ncnc32)[C@H](O)[C@@H]1O. The van der Waals surface area contributed by atoms with Crippen LogP contribution in [0.5, 0.6) is 0 Å². The van der Waals surface area contributed by atoms with Crippen LogP contribution < -0.4 is 5.73 Å². The molecule has 0 radical (unpaired) electrons. The fourth-order valence-electron chi connectivity index (χ4n) is 2.41. The monoisotopic (exact) mass is 337 g/mol. The number of imidazole rings is 1. The van der Waals surface area contributed by atoms with Gasteiger partial charge < -0.3 is 25.4 Å². The summed E-state index contributed by atoms with van der Waals surface area (Å²) in [5, 5.41) is 20.3. The van der Waals surface area contributed by atoms with Gasteiger partial charge in [-0.3, -0.25) is 9.36 Å². The molecule has 128 valence electrons. The summed E-state index contributed by atoms with van der Waals surface area (Å²) in [6, 6.07) is 0. The van der Waals surface area contributed by atoms with Crippen molar-refractivity contribution >= 4 is 28.7 Å². The molecule has 3 rings (SSSR count). The molecule has 1 fully saturated rings. The van der Waals surface area contributed by atoms with Crippen LogP contribution in [0.2, 0.25) is 0 Å². The highest BCUT2D eigenvalue weighted by Gasteiger charge is 2.45. The van der Waals surface area contributed by atoms with Gasteiger partial charge in [0.2, 0.25) is 5.78 Å². The molecular formula is C13H15N5O6. The van der Waals surface area contributed by atoms with Crippen molar-refractivity contribution in [2.45, 2.75) is 31.5 Å². The predicted octanol–water partition coefficient (Wildman–Crippen LogP) is -1.84. The average Bonchev–Trinajstić information content (AvgIpc) is 3.09. The van der Waals surface area contributed by atoms with E-state index in [1.165, 1.54) is 17.2 Å².